The van der Waals surface area contributed by atoms with Crippen molar-refractivity contribution < 1.29 is 19.0 Å². The number of amides is 1. The third-order valence-corrected chi connectivity index (χ3v) is 6.06. The van der Waals surface area contributed by atoms with Gasteiger partial charge < -0.3 is 14.2 Å². The summed E-state index contributed by atoms with van der Waals surface area (Å²) in [6.45, 7) is 1.39. The highest BCUT2D eigenvalue weighted by atomic mass is 32.2. The smallest absolute Gasteiger partial charge is 0.270 e. The highest BCUT2D eigenvalue weighted by Crippen LogP contribution is 2.39. The predicted molar refractivity (Wildman–Crippen MR) is 120 cm³/mol. The van der Waals surface area contributed by atoms with Gasteiger partial charge in [0, 0.05) is 6.61 Å². The molecule has 150 valence electrons. The molecule has 1 atom stereocenters. The second-order valence-corrected chi connectivity index (χ2v) is 8.38. The van der Waals surface area contributed by atoms with Gasteiger partial charge in [0.25, 0.3) is 5.91 Å². The van der Waals surface area contributed by atoms with Crippen molar-refractivity contribution in [1.29, 1.82) is 0 Å². The number of nitrogens with zero attached hydrogens (tertiary/aromatic N) is 1. The fraction of sp³-hybridized carbons (Fsp3) is 0.273. The molecule has 0 radical (unpaired) electrons. The maximum Gasteiger partial charge on any atom is 0.270 e. The van der Waals surface area contributed by atoms with Gasteiger partial charge in [0.05, 0.1) is 23.8 Å². The Morgan fingerprint density at radius 1 is 1.24 bits per heavy atom. The molecule has 4 rings (SSSR count). The highest BCUT2D eigenvalue weighted by molar-refractivity contribution is 8.27. The lowest BCUT2D eigenvalue weighted by molar-refractivity contribution is -0.113. The van der Waals surface area contributed by atoms with E-state index in [-0.39, 0.29) is 12.0 Å². The Balaban J connectivity index is 1.47. The lowest BCUT2D eigenvalue weighted by Gasteiger charge is -2.17. The maximum atomic E-state index is 13.0. The van der Waals surface area contributed by atoms with E-state index in [1.807, 2.05) is 54.6 Å². The molecule has 0 aliphatic carbocycles. The molecule has 7 heteroatoms. The topological polar surface area (TPSA) is 48.0 Å². The summed E-state index contributed by atoms with van der Waals surface area (Å²) in [7, 11) is 1.58. The standard InChI is InChI=1S/C22H21NO4S2/c1-25-19-7-3-2-6-18(19)23-21(24)20(29-22(23)28)13-15-8-10-16(11-9-15)27-14-17-5-4-12-26-17/h2-3,6-11,13,17H,4-5,12,14H2,1H3/b20-13+. The van der Waals surface area contributed by atoms with E-state index in [9.17, 15) is 4.79 Å². The van der Waals surface area contributed by atoms with Gasteiger partial charge in [-0.25, -0.2) is 0 Å². The Bertz CT molecular complexity index is 936. The lowest BCUT2D eigenvalue weighted by Crippen LogP contribution is -2.27. The number of rotatable bonds is 6. The highest BCUT2D eigenvalue weighted by Gasteiger charge is 2.34. The Labute approximate surface area is 179 Å². The Morgan fingerprint density at radius 3 is 2.76 bits per heavy atom. The molecule has 29 heavy (non-hydrogen) atoms. The second-order valence-electron chi connectivity index (χ2n) is 6.70. The number of ether oxygens (including phenoxy) is 3. The monoisotopic (exact) mass is 427 g/mol. The largest absolute Gasteiger partial charge is 0.495 e. The fourth-order valence-corrected chi connectivity index (χ4v) is 4.55. The van der Waals surface area contributed by atoms with E-state index in [0.29, 0.717) is 27.3 Å². The molecule has 0 N–H and O–H groups in total. The van der Waals surface area contributed by atoms with Crippen LogP contribution in [0.3, 0.4) is 0 Å². The van der Waals surface area contributed by atoms with Crippen LogP contribution in [0.15, 0.2) is 53.4 Å². The molecule has 0 aromatic heterocycles. The molecule has 2 fully saturated rings. The predicted octanol–water partition coefficient (Wildman–Crippen LogP) is 4.66. The molecule has 2 saturated heterocycles. The van der Waals surface area contributed by atoms with Gasteiger partial charge in [0.15, 0.2) is 4.32 Å². The van der Waals surface area contributed by atoms with Gasteiger partial charge >= 0.3 is 0 Å². The number of hydrogen-bond donors (Lipinski definition) is 0. The van der Waals surface area contributed by atoms with Crippen LogP contribution >= 0.6 is 24.0 Å². The molecule has 2 aromatic rings. The van der Waals surface area contributed by atoms with Gasteiger partial charge in [-0.05, 0) is 48.7 Å². The number of methoxy groups -OCH3 is 1. The molecule has 5 nitrogen and oxygen atoms in total. The molecular weight excluding hydrogens is 406 g/mol. The van der Waals surface area contributed by atoms with Crippen LogP contribution in [0.2, 0.25) is 0 Å². The molecule has 2 aliphatic heterocycles. The summed E-state index contributed by atoms with van der Waals surface area (Å²) in [6, 6.07) is 15.0. The SMILES string of the molecule is COc1ccccc1N1C(=O)/C(=C\c2ccc(OCC3CCCO3)cc2)SC1=S. The molecule has 1 amide bonds. The Morgan fingerprint density at radius 2 is 2.03 bits per heavy atom. The van der Waals surface area contributed by atoms with E-state index in [0.717, 1.165) is 30.8 Å². The van der Waals surface area contributed by atoms with E-state index in [1.54, 1.807) is 7.11 Å². The summed E-state index contributed by atoms with van der Waals surface area (Å²) in [6.07, 6.45) is 4.18. The molecule has 0 saturated carbocycles. The van der Waals surface area contributed by atoms with Crippen molar-refractivity contribution in [1.82, 2.24) is 0 Å². The minimum Gasteiger partial charge on any atom is -0.495 e. The molecular formula is C22H21NO4S2. The van der Waals surface area contributed by atoms with Crippen molar-refractivity contribution in [3.8, 4) is 11.5 Å². The molecule has 0 spiro atoms. The van der Waals surface area contributed by atoms with Crippen molar-refractivity contribution in [3.63, 3.8) is 0 Å². The number of anilines is 1. The van der Waals surface area contributed by atoms with Crippen molar-refractivity contribution >= 4 is 46.0 Å². The number of para-hydroxylation sites is 2. The van der Waals surface area contributed by atoms with Gasteiger partial charge in [-0.2, -0.15) is 0 Å². The third-order valence-electron chi connectivity index (χ3n) is 4.76. The van der Waals surface area contributed by atoms with E-state index < -0.39 is 0 Å². The van der Waals surface area contributed by atoms with E-state index in [4.69, 9.17) is 26.4 Å². The summed E-state index contributed by atoms with van der Waals surface area (Å²) in [5.41, 5.74) is 1.56. The first-order valence-electron chi connectivity index (χ1n) is 9.41. The fourth-order valence-electron chi connectivity index (χ4n) is 3.27. The van der Waals surface area contributed by atoms with Crippen molar-refractivity contribution in [2.75, 3.05) is 25.2 Å². The third kappa shape index (κ3) is 4.47. The van der Waals surface area contributed by atoms with Gasteiger partial charge in [-0.1, -0.05) is 48.2 Å². The summed E-state index contributed by atoms with van der Waals surface area (Å²) in [4.78, 5) is 15.1. The van der Waals surface area contributed by atoms with Gasteiger partial charge in [-0.3, -0.25) is 9.69 Å². The van der Waals surface area contributed by atoms with Crippen LogP contribution in [0.25, 0.3) is 6.08 Å². The molecule has 2 heterocycles. The molecule has 2 aliphatic rings. The number of thioether (sulfide) groups is 1. The summed E-state index contributed by atoms with van der Waals surface area (Å²) >= 11 is 6.74. The average molecular weight is 428 g/mol. The maximum absolute atomic E-state index is 13.0. The minimum absolute atomic E-state index is 0.150. The zero-order chi connectivity index (χ0) is 20.2. The number of thiocarbonyl (C=S) groups is 1. The number of benzene rings is 2. The Kier molecular flexibility index (Phi) is 6.18. The molecule has 1 unspecified atom stereocenters. The zero-order valence-electron chi connectivity index (χ0n) is 16.0. The van der Waals surface area contributed by atoms with Crippen LogP contribution in [0.1, 0.15) is 18.4 Å². The first-order valence-corrected chi connectivity index (χ1v) is 10.6. The summed E-state index contributed by atoms with van der Waals surface area (Å²) in [5.74, 6) is 1.25. The first kappa shape index (κ1) is 19.9. The summed E-state index contributed by atoms with van der Waals surface area (Å²) < 4.78 is 17.2. The van der Waals surface area contributed by atoms with Gasteiger partial charge in [0.1, 0.15) is 18.1 Å². The lowest BCUT2D eigenvalue weighted by atomic mass is 10.2. The van der Waals surface area contributed by atoms with Crippen LogP contribution in [-0.2, 0) is 9.53 Å². The van der Waals surface area contributed by atoms with E-state index in [2.05, 4.69) is 0 Å². The van der Waals surface area contributed by atoms with Crippen LogP contribution in [0.4, 0.5) is 5.69 Å². The van der Waals surface area contributed by atoms with Gasteiger partial charge in [0.2, 0.25) is 0 Å². The second kappa shape index (κ2) is 8.98. The van der Waals surface area contributed by atoms with Crippen molar-refractivity contribution in [2.24, 2.45) is 0 Å². The van der Waals surface area contributed by atoms with E-state index >= 15 is 0 Å². The molecule has 0 bridgehead atoms. The van der Waals surface area contributed by atoms with Crippen LogP contribution in [-0.4, -0.2) is 36.7 Å². The number of carbonyl (C=O) groups is 1. The summed E-state index contributed by atoms with van der Waals surface area (Å²) in [5, 5.41) is 0. The van der Waals surface area contributed by atoms with Crippen molar-refractivity contribution in [3.05, 3.63) is 59.0 Å². The first-order chi connectivity index (χ1) is 14.2. The normalized spacial score (nSPS) is 20.5. The Hall–Kier alpha value is -2.35. The number of hydrogen-bond acceptors (Lipinski definition) is 6. The average Bonchev–Trinajstić information content (AvgIpc) is 3.35. The minimum atomic E-state index is -0.150. The van der Waals surface area contributed by atoms with Crippen LogP contribution in [0.5, 0.6) is 11.5 Å². The van der Waals surface area contributed by atoms with Crippen LogP contribution < -0.4 is 14.4 Å². The molecule has 2 aromatic carbocycles. The zero-order valence-corrected chi connectivity index (χ0v) is 17.6. The number of carbonyl (C=O) groups excluding carboxylic acids is 1. The van der Waals surface area contributed by atoms with E-state index in [1.165, 1.54) is 16.7 Å². The quantitative estimate of drug-likeness (QED) is 0.494. The van der Waals surface area contributed by atoms with Crippen molar-refractivity contribution in [2.45, 2.75) is 18.9 Å². The van der Waals surface area contributed by atoms with Gasteiger partial charge in [-0.15, -0.1) is 0 Å². The van der Waals surface area contributed by atoms with Crippen LogP contribution in [0, 0.1) is 0 Å².